The fourth-order valence-corrected chi connectivity index (χ4v) is 10.2. The monoisotopic (exact) mass is 837 g/mol. The number of amides is 4. The van der Waals surface area contributed by atoms with Gasteiger partial charge in [0.1, 0.15) is 23.1 Å². The lowest BCUT2D eigenvalue weighted by atomic mass is 9.49. The zero-order valence-electron chi connectivity index (χ0n) is 33.5. The summed E-state index contributed by atoms with van der Waals surface area (Å²) in [6.07, 6.45) is 6.12. The smallest absolute Gasteiger partial charge is 0.260 e. The lowest BCUT2D eigenvalue weighted by Gasteiger charge is -2.50. The average Bonchev–Trinajstić information content (AvgIpc) is 3.65. The number of ether oxygens (including phenoxy) is 2. The summed E-state index contributed by atoms with van der Waals surface area (Å²) in [7, 11) is 3.19. The number of hydrazine groups is 1. The van der Waals surface area contributed by atoms with Gasteiger partial charge in [0.25, 0.3) is 11.8 Å². The number of phenols is 1. The number of anilines is 2. The minimum Gasteiger partial charge on any atom is -0.508 e. The number of carbonyl (C=O) groups excluding carboxylic acids is 4. The van der Waals surface area contributed by atoms with Crippen molar-refractivity contribution in [3.05, 3.63) is 160 Å². The summed E-state index contributed by atoms with van der Waals surface area (Å²) in [4.78, 5) is 60.7. The van der Waals surface area contributed by atoms with Crippen LogP contribution >= 0.6 is 11.6 Å². The van der Waals surface area contributed by atoms with Crippen molar-refractivity contribution < 1.29 is 38.1 Å². The number of aryl methyl sites for hydroxylation is 1. The van der Waals surface area contributed by atoms with Crippen LogP contribution in [0.1, 0.15) is 46.6 Å². The van der Waals surface area contributed by atoms with E-state index in [0.717, 1.165) is 21.7 Å². The van der Waals surface area contributed by atoms with E-state index in [9.17, 15) is 23.9 Å². The van der Waals surface area contributed by atoms with Gasteiger partial charge in [0, 0.05) is 16.5 Å². The first-order valence-corrected chi connectivity index (χ1v) is 20.4. The van der Waals surface area contributed by atoms with Gasteiger partial charge in [-0.1, -0.05) is 71.8 Å². The average molecular weight is 838 g/mol. The number of hydrogen-bond acceptors (Lipinski definition) is 8. The topological polar surface area (TPSA) is 125 Å². The number of halogens is 2. The first-order valence-electron chi connectivity index (χ1n) is 20.0. The molecule has 5 aromatic rings. The van der Waals surface area contributed by atoms with Gasteiger partial charge in [0.05, 0.1) is 48.8 Å². The van der Waals surface area contributed by atoms with Crippen molar-refractivity contribution >= 4 is 58.8 Å². The Morgan fingerprint density at radius 3 is 2.25 bits per heavy atom. The number of imide groups is 2. The molecule has 0 bridgehead atoms. The van der Waals surface area contributed by atoms with Crippen molar-refractivity contribution in [2.24, 2.45) is 23.7 Å². The van der Waals surface area contributed by atoms with Crippen LogP contribution in [0.3, 0.4) is 0 Å². The number of hydrogen-bond donors (Lipinski definition) is 2. The van der Waals surface area contributed by atoms with E-state index in [4.69, 9.17) is 21.1 Å². The largest absolute Gasteiger partial charge is 0.508 e. The van der Waals surface area contributed by atoms with E-state index in [1.807, 2.05) is 54.6 Å². The fourth-order valence-electron chi connectivity index (χ4n) is 10.0. The van der Waals surface area contributed by atoms with Crippen LogP contribution in [0.4, 0.5) is 15.8 Å². The number of carbonyl (C=O) groups is 4. The Morgan fingerprint density at radius 2 is 1.56 bits per heavy atom. The Kier molecular flexibility index (Phi) is 10.0. The molecule has 6 atom stereocenters. The number of phenolic OH excluding ortho intramolecular Hbond substituents is 1. The van der Waals surface area contributed by atoms with Crippen LogP contribution in [-0.2, 0) is 24.6 Å². The molecule has 308 valence electrons. The first-order chi connectivity index (χ1) is 29.4. The molecule has 0 unspecified atom stereocenters. The second kappa shape index (κ2) is 15.4. The number of nitrogens with zero attached hydrogens (tertiary/aromatic N) is 2. The fraction of sp³-hybridized carbons (Fsp3) is 0.224. The summed E-state index contributed by atoms with van der Waals surface area (Å²) in [6.45, 7) is 1.76. The van der Waals surface area contributed by atoms with Crippen molar-refractivity contribution in [1.29, 1.82) is 0 Å². The highest BCUT2D eigenvalue weighted by Gasteiger charge is 2.70. The zero-order chi connectivity index (χ0) is 42.7. The Morgan fingerprint density at radius 1 is 0.820 bits per heavy atom. The molecule has 0 radical (unpaired) electrons. The third-order valence-electron chi connectivity index (χ3n) is 12.9. The van der Waals surface area contributed by atoms with Gasteiger partial charge < -0.3 is 14.6 Å². The van der Waals surface area contributed by atoms with Crippen LogP contribution in [0.25, 0.3) is 12.2 Å². The second-order valence-corrected chi connectivity index (χ2v) is 16.4. The molecular weight excluding hydrogens is 797 g/mol. The van der Waals surface area contributed by atoms with Crippen molar-refractivity contribution in [2.75, 3.05) is 24.5 Å². The van der Waals surface area contributed by atoms with Crippen molar-refractivity contribution in [3.8, 4) is 17.2 Å². The molecule has 10 nitrogen and oxygen atoms in total. The van der Waals surface area contributed by atoms with Gasteiger partial charge in [-0.05, 0) is 121 Å². The molecule has 61 heavy (non-hydrogen) atoms. The zero-order valence-corrected chi connectivity index (χ0v) is 34.2. The molecule has 2 heterocycles. The third-order valence-corrected chi connectivity index (χ3v) is 13.1. The van der Waals surface area contributed by atoms with Crippen LogP contribution in [0.5, 0.6) is 17.2 Å². The quantitative estimate of drug-likeness (QED) is 0.0858. The number of benzene rings is 5. The normalized spacial score (nSPS) is 24.4. The summed E-state index contributed by atoms with van der Waals surface area (Å²) in [5.41, 5.74) is 6.39. The lowest BCUT2D eigenvalue weighted by molar-refractivity contribution is -0.138. The second-order valence-electron chi connectivity index (χ2n) is 16.0. The van der Waals surface area contributed by atoms with Crippen molar-refractivity contribution in [1.82, 2.24) is 5.01 Å². The van der Waals surface area contributed by atoms with Crippen LogP contribution in [0, 0.1) is 36.4 Å². The van der Waals surface area contributed by atoms with Gasteiger partial charge in [-0.25, -0.2) is 4.39 Å². The minimum absolute atomic E-state index is 0.0630. The molecule has 2 aliphatic heterocycles. The molecule has 2 aliphatic carbocycles. The number of allylic oxidation sites excluding steroid dienone is 2. The molecule has 2 saturated heterocycles. The highest BCUT2D eigenvalue weighted by Crippen LogP contribution is 2.64. The summed E-state index contributed by atoms with van der Waals surface area (Å²) in [5, 5.41) is 12.1. The molecule has 0 aromatic heterocycles. The Bertz CT molecular complexity index is 2660. The number of rotatable bonds is 9. The molecule has 4 aliphatic rings. The number of methoxy groups -OCH3 is 2. The minimum atomic E-state index is -1.53. The van der Waals surface area contributed by atoms with E-state index in [2.05, 4.69) is 5.43 Å². The standard InChI is InChI=1S/C49H41ClFN3O7/c1-27-24-30(8-22-41(27)55)44-37-20-21-38-43(47(58)53(45(38)56)35-17-5-28(6-18-35)4-7-29-25-36(60-2)19-23-42(29)61-3)39(37)26-40-46(57)54(52-34-15-13-33(51)14-16-34)48(59)49(40,44)31-9-11-32(50)12-10-31/h4-20,22-25,38-40,43-44,52,55H,21,26H2,1-3H3/t38-,39+,40-,43-,44-,49+/m0/s1. The highest BCUT2D eigenvalue weighted by molar-refractivity contribution is 6.30. The van der Waals surface area contributed by atoms with E-state index in [1.165, 1.54) is 29.2 Å². The predicted octanol–water partition coefficient (Wildman–Crippen LogP) is 8.87. The Balaban J connectivity index is 1.11. The molecule has 5 aromatic carbocycles. The van der Waals surface area contributed by atoms with E-state index in [1.54, 1.807) is 69.7 Å². The number of fused-ring (bicyclic) bond motifs is 4. The lowest BCUT2D eigenvalue weighted by Crippen LogP contribution is -2.53. The number of nitrogens with one attached hydrogen (secondary N) is 1. The summed E-state index contributed by atoms with van der Waals surface area (Å²) < 4.78 is 24.8. The molecule has 12 heteroatoms. The van der Waals surface area contributed by atoms with Gasteiger partial charge in [-0.3, -0.25) is 29.5 Å². The third kappa shape index (κ3) is 6.46. The van der Waals surface area contributed by atoms with Crippen LogP contribution in [-0.4, -0.2) is 48.0 Å². The molecule has 4 amide bonds. The summed E-state index contributed by atoms with van der Waals surface area (Å²) in [5.74, 6) is -4.67. The van der Waals surface area contributed by atoms with Gasteiger partial charge in [0.15, 0.2) is 0 Å². The van der Waals surface area contributed by atoms with Crippen LogP contribution in [0.2, 0.25) is 5.02 Å². The van der Waals surface area contributed by atoms with E-state index < -0.39 is 52.6 Å². The van der Waals surface area contributed by atoms with Crippen molar-refractivity contribution in [2.45, 2.75) is 31.1 Å². The van der Waals surface area contributed by atoms with E-state index in [-0.39, 0.29) is 30.4 Å². The van der Waals surface area contributed by atoms with Crippen LogP contribution < -0.4 is 19.8 Å². The van der Waals surface area contributed by atoms with Gasteiger partial charge in [0.2, 0.25) is 11.8 Å². The number of aromatic hydroxyl groups is 1. The molecule has 2 N–H and O–H groups in total. The maximum absolute atomic E-state index is 15.3. The molecular formula is C49H41ClFN3O7. The van der Waals surface area contributed by atoms with Crippen LogP contribution in [0.15, 0.2) is 121 Å². The molecule has 1 saturated carbocycles. The van der Waals surface area contributed by atoms with Gasteiger partial charge in [-0.2, -0.15) is 5.01 Å². The Hall–Kier alpha value is -6.72. The molecule has 9 rings (SSSR count). The van der Waals surface area contributed by atoms with Crippen molar-refractivity contribution in [3.63, 3.8) is 0 Å². The first kappa shape index (κ1) is 39.7. The van der Waals surface area contributed by atoms with E-state index >= 15 is 4.79 Å². The maximum Gasteiger partial charge on any atom is 0.260 e. The van der Waals surface area contributed by atoms with Gasteiger partial charge >= 0.3 is 0 Å². The molecule has 3 fully saturated rings. The predicted molar refractivity (Wildman–Crippen MR) is 229 cm³/mol. The SMILES string of the molecule is COc1ccc(OC)c(C=Cc2ccc(N3C(=O)[C@H]4[C@H](CC=C5[C@H]4C[C@H]4C(=O)N(Nc6ccc(F)cc6)C(=O)[C@@]4(c4ccc(Cl)cc4)[C@H]5c4ccc(O)c(C)c4)C3=O)cc2)c1. The molecule has 0 spiro atoms. The highest BCUT2D eigenvalue weighted by atomic mass is 35.5. The summed E-state index contributed by atoms with van der Waals surface area (Å²) in [6, 6.07) is 30.0. The van der Waals surface area contributed by atoms with E-state index in [0.29, 0.717) is 44.6 Å². The van der Waals surface area contributed by atoms with Gasteiger partial charge in [-0.15, -0.1) is 0 Å². The Labute approximate surface area is 356 Å². The maximum atomic E-state index is 15.3. The summed E-state index contributed by atoms with van der Waals surface area (Å²) >= 11 is 6.40.